The van der Waals surface area contributed by atoms with Gasteiger partial charge in [0.2, 0.25) is 0 Å². The Hall–Kier alpha value is -2.15. The fourth-order valence-electron chi connectivity index (χ4n) is 1.66. The molecule has 114 valence electrons. The second kappa shape index (κ2) is 6.53. The van der Waals surface area contributed by atoms with E-state index in [1.807, 2.05) is 13.1 Å². The summed E-state index contributed by atoms with van der Waals surface area (Å²) in [7, 11) is 1.81. The molecule has 0 radical (unpaired) electrons. The van der Waals surface area contributed by atoms with Crippen molar-refractivity contribution in [1.29, 1.82) is 0 Å². The summed E-state index contributed by atoms with van der Waals surface area (Å²) in [5.41, 5.74) is 0. The van der Waals surface area contributed by atoms with Crippen molar-refractivity contribution in [2.45, 2.75) is 19.5 Å². The average Bonchev–Trinajstić information content (AvgIpc) is 2.84. The molecule has 0 atom stereocenters. The van der Waals surface area contributed by atoms with Gasteiger partial charge in [0.1, 0.15) is 29.6 Å². The van der Waals surface area contributed by atoms with Crippen molar-refractivity contribution < 1.29 is 27.1 Å². The minimum absolute atomic E-state index is 0.198. The van der Waals surface area contributed by atoms with Gasteiger partial charge in [0.05, 0.1) is 6.54 Å². The predicted octanol–water partition coefficient (Wildman–Crippen LogP) is 3.48. The molecule has 1 N–H and O–H groups in total. The number of nitrogens with one attached hydrogen (secondary N) is 1. The van der Waals surface area contributed by atoms with Gasteiger partial charge in [-0.15, -0.1) is 13.2 Å². The van der Waals surface area contributed by atoms with Gasteiger partial charge in [-0.2, -0.15) is 0 Å². The highest BCUT2D eigenvalue weighted by Gasteiger charge is 2.30. The molecule has 0 spiro atoms. The zero-order valence-corrected chi connectivity index (χ0v) is 11.2. The molecule has 2 rings (SSSR count). The smallest absolute Gasteiger partial charge is 0.486 e. The molecule has 21 heavy (non-hydrogen) atoms. The van der Waals surface area contributed by atoms with E-state index in [9.17, 15) is 13.2 Å². The van der Waals surface area contributed by atoms with Gasteiger partial charge in [-0.3, -0.25) is 0 Å². The first kappa shape index (κ1) is 15.2. The van der Waals surface area contributed by atoms with Crippen LogP contribution in [0.15, 0.2) is 40.8 Å². The monoisotopic (exact) mass is 301 g/mol. The number of furan rings is 1. The Bertz CT molecular complexity index is 564. The van der Waals surface area contributed by atoms with Crippen molar-refractivity contribution in [2.75, 3.05) is 7.05 Å². The van der Waals surface area contributed by atoms with Gasteiger partial charge in [-0.05, 0) is 43.4 Å². The van der Waals surface area contributed by atoms with E-state index in [1.54, 1.807) is 6.07 Å². The van der Waals surface area contributed by atoms with Crippen LogP contribution in [-0.2, 0) is 13.2 Å². The second-order valence-corrected chi connectivity index (χ2v) is 4.21. The topological polar surface area (TPSA) is 43.6 Å². The van der Waals surface area contributed by atoms with Crippen molar-refractivity contribution in [2.24, 2.45) is 0 Å². The van der Waals surface area contributed by atoms with Gasteiger partial charge in [0.25, 0.3) is 0 Å². The van der Waals surface area contributed by atoms with Gasteiger partial charge < -0.3 is 19.2 Å². The normalized spacial score (nSPS) is 11.4. The van der Waals surface area contributed by atoms with Crippen molar-refractivity contribution >= 4 is 0 Å². The fraction of sp³-hybridized carbons (Fsp3) is 0.286. The molecule has 0 aliphatic rings. The molecule has 0 saturated heterocycles. The highest BCUT2D eigenvalue weighted by molar-refractivity contribution is 5.31. The van der Waals surface area contributed by atoms with Gasteiger partial charge in [0.15, 0.2) is 0 Å². The maximum atomic E-state index is 12.0. The number of alkyl halides is 3. The summed E-state index contributed by atoms with van der Waals surface area (Å²) in [5, 5.41) is 2.96. The summed E-state index contributed by atoms with van der Waals surface area (Å²) in [4.78, 5) is 0. The van der Waals surface area contributed by atoms with E-state index < -0.39 is 6.36 Å². The lowest BCUT2D eigenvalue weighted by Gasteiger charge is -2.09. The van der Waals surface area contributed by atoms with Gasteiger partial charge in [-0.1, -0.05) is 0 Å². The van der Waals surface area contributed by atoms with Crippen molar-refractivity contribution in [3.63, 3.8) is 0 Å². The minimum atomic E-state index is -4.69. The van der Waals surface area contributed by atoms with Crippen molar-refractivity contribution in [3.8, 4) is 11.5 Å². The van der Waals surface area contributed by atoms with E-state index in [1.165, 1.54) is 24.3 Å². The zero-order valence-electron chi connectivity index (χ0n) is 11.2. The minimum Gasteiger partial charge on any atom is -0.486 e. The standard InChI is InChI=1S/C14H14F3NO3/c1-18-8-12-6-7-13(20-12)9-19-10-2-4-11(5-3-10)21-14(15,16)17/h2-7,18H,8-9H2,1H3. The quantitative estimate of drug-likeness (QED) is 0.887. The summed E-state index contributed by atoms with van der Waals surface area (Å²) in [5.74, 6) is 1.56. The molecule has 0 unspecified atom stereocenters. The van der Waals surface area contributed by atoms with E-state index in [4.69, 9.17) is 9.15 Å². The molecule has 1 aromatic carbocycles. The molecule has 7 heteroatoms. The molecule has 0 aliphatic carbocycles. The van der Waals surface area contributed by atoms with Crippen LogP contribution in [0.25, 0.3) is 0 Å². The van der Waals surface area contributed by atoms with E-state index in [2.05, 4.69) is 10.1 Å². The average molecular weight is 301 g/mol. The van der Waals surface area contributed by atoms with Crippen LogP contribution in [0.3, 0.4) is 0 Å². The highest BCUT2D eigenvalue weighted by atomic mass is 19.4. The maximum absolute atomic E-state index is 12.0. The van der Waals surface area contributed by atoms with Crippen molar-refractivity contribution in [3.05, 3.63) is 47.9 Å². The predicted molar refractivity (Wildman–Crippen MR) is 68.9 cm³/mol. The van der Waals surface area contributed by atoms with E-state index in [0.29, 0.717) is 18.1 Å². The molecule has 0 fully saturated rings. The Morgan fingerprint density at radius 1 is 1.00 bits per heavy atom. The maximum Gasteiger partial charge on any atom is 0.573 e. The number of benzene rings is 1. The third-order valence-electron chi connectivity index (χ3n) is 2.51. The van der Waals surface area contributed by atoms with E-state index in [0.717, 1.165) is 5.76 Å². The molecule has 1 aromatic heterocycles. The Kier molecular flexibility index (Phi) is 4.74. The summed E-state index contributed by atoms with van der Waals surface area (Å²) in [6.07, 6.45) is -4.69. The van der Waals surface area contributed by atoms with Crippen LogP contribution < -0.4 is 14.8 Å². The lowest BCUT2D eigenvalue weighted by atomic mass is 10.3. The van der Waals surface area contributed by atoms with Crippen LogP contribution in [0, 0.1) is 0 Å². The Labute approximate surface area is 119 Å². The Morgan fingerprint density at radius 2 is 1.62 bits per heavy atom. The second-order valence-electron chi connectivity index (χ2n) is 4.21. The molecule has 0 aliphatic heterocycles. The molecule has 0 amide bonds. The lowest BCUT2D eigenvalue weighted by Crippen LogP contribution is -2.16. The third kappa shape index (κ3) is 5.03. The molecule has 4 nitrogen and oxygen atoms in total. The van der Waals surface area contributed by atoms with Gasteiger partial charge in [0, 0.05) is 0 Å². The summed E-state index contributed by atoms with van der Waals surface area (Å²) < 4.78 is 50.7. The number of ether oxygens (including phenoxy) is 2. The number of hydrogen-bond donors (Lipinski definition) is 1. The summed E-state index contributed by atoms with van der Waals surface area (Å²) in [6.45, 7) is 0.812. The van der Waals surface area contributed by atoms with Crippen LogP contribution in [0.4, 0.5) is 13.2 Å². The molecule has 0 saturated carbocycles. The molecular weight excluding hydrogens is 287 g/mol. The molecular formula is C14H14F3NO3. The van der Waals surface area contributed by atoms with Crippen molar-refractivity contribution in [1.82, 2.24) is 5.32 Å². The highest BCUT2D eigenvalue weighted by Crippen LogP contribution is 2.25. The first-order chi connectivity index (χ1) is 9.96. The van der Waals surface area contributed by atoms with E-state index >= 15 is 0 Å². The number of halogens is 3. The van der Waals surface area contributed by atoms with Crippen LogP contribution in [0.5, 0.6) is 11.5 Å². The van der Waals surface area contributed by atoms with Crippen LogP contribution in [-0.4, -0.2) is 13.4 Å². The zero-order chi connectivity index (χ0) is 15.3. The first-order valence-corrected chi connectivity index (χ1v) is 6.17. The first-order valence-electron chi connectivity index (χ1n) is 6.17. The largest absolute Gasteiger partial charge is 0.573 e. The summed E-state index contributed by atoms with van der Waals surface area (Å²) in [6, 6.07) is 8.80. The fourth-order valence-corrected chi connectivity index (χ4v) is 1.66. The van der Waals surface area contributed by atoms with Crippen LogP contribution in [0.1, 0.15) is 11.5 Å². The third-order valence-corrected chi connectivity index (χ3v) is 2.51. The number of hydrogen-bond acceptors (Lipinski definition) is 4. The van der Waals surface area contributed by atoms with Gasteiger partial charge >= 0.3 is 6.36 Å². The Balaban J connectivity index is 1.88. The Morgan fingerprint density at radius 3 is 2.24 bits per heavy atom. The van der Waals surface area contributed by atoms with Gasteiger partial charge in [-0.25, -0.2) is 0 Å². The summed E-state index contributed by atoms with van der Waals surface area (Å²) >= 11 is 0. The van der Waals surface area contributed by atoms with Crippen LogP contribution >= 0.6 is 0 Å². The van der Waals surface area contributed by atoms with E-state index in [-0.39, 0.29) is 12.4 Å². The lowest BCUT2D eigenvalue weighted by molar-refractivity contribution is -0.274. The SMILES string of the molecule is CNCc1ccc(COc2ccc(OC(F)(F)F)cc2)o1. The number of rotatable bonds is 6. The molecule has 0 bridgehead atoms. The molecule has 1 heterocycles. The molecule has 2 aromatic rings. The van der Waals surface area contributed by atoms with Crippen LogP contribution in [0.2, 0.25) is 0 Å².